The Morgan fingerprint density at radius 1 is 1.38 bits per heavy atom. The van der Waals surface area contributed by atoms with Crippen molar-refractivity contribution in [1.82, 2.24) is 10.1 Å². The van der Waals surface area contributed by atoms with Crippen LogP contribution in [0.25, 0.3) is 0 Å². The summed E-state index contributed by atoms with van der Waals surface area (Å²) in [6.07, 6.45) is 0.578. The fourth-order valence-corrected chi connectivity index (χ4v) is 1.56. The van der Waals surface area contributed by atoms with E-state index in [1.54, 1.807) is 0 Å². The molecule has 2 rings (SSSR count). The summed E-state index contributed by atoms with van der Waals surface area (Å²) >= 11 is 6.04. The summed E-state index contributed by atoms with van der Waals surface area (Å²) in [7, 11) is 0. The Hall–Kier alpha value is -1.55. The Morgan fingerprint density at radius 2 is 2.19 bits per heavy atom. The number of rotatable bonds is 4. The predicted octanol–water partition coefficient (Wildman–Crippen LogP) is 2.75. The Labute approximate surface area is 98.6 Å². The molecule has 0 saturated heterocycles. The number of halogens is 1. The lowest BCUT2D eigenvalue weighted by molar-refractivity contribution is 0.424. The van der Waals surface area contributed by atoms with Crippen molar-refractivity contribution in [2.75, 3.05) is 11.9 Å². The lowest BCUT2D eigenvalue weighted by atomic mass is 10.1. The fraction of sp³-hybridized carbons (Fsp3) is 0.273. The van der Waals surface area contributed by atoms with Gasteiger partial charge in [-0.15, -0.1) is 0 Å². The minimum absolute atomic E-state index is 0.449. The van der Waals surface area contributed by atoms with E-state index in [9.17, 15) is 0 Å². The Bertz CT molecular complexity index is 470. The quantitative estimate of drug-likeness (QED) is 0.889. The zero-order valence-electron chi connectivity index (χ0n) is 8.90. The molecule has 0 atom stereocenters. The van der Waals surface area contributed by atoms with Crippen LogP contribution in [0.5, 0.6) is 0 Å². The molecule has 0 aliphatic rings. The zero-order chi connectivity index (χ0) is 11.4. The van der Waals surface area contributed by atoms with Gasteiger partial charge in [-0.1, -0.05) is 35.0 Å². The van der Waals surface area contributed by atoms with Gasteiger partial charge >= 0.3 is 6.01 Å². The van der Waals surface area contributed by atoms with Gasteiger partial charge in [0.1, 0.15) is 0 Å². The first-order chi connectivity index (χ1) is 7.79. The molecule has 1 aromatic carbocycles. The summed E-state index contributed by atoms with van der Waals surface area (Å²) in [4.78, 5) is 4.19. The normalized spacial score (nSPS) is 10.4. The summed E-state index contributed by atoms with van der Waals surface area (Å²) in [5, 5.41) is 7.54. The lowest BCUT2D eigenvalue weighted by Gasteiger charge is -1.98. The average Bonchev–Trinajstić information content (AvgIpc) is 2.70. The fourth-order valence-electron chi connectivity index (χ4n) is 1.36. The molecule has 1 heterocycles. The Morgan fingerprint density at radius 3 is 2.94 bits per heavy atom. The average molecular weight is 238 g/mol. The van der Waals surface area contributed by atoms with Crippen LogP contribution < -0.4 is 5.32 Å². The van der Waals surface area contributed by atoms with E-state index in [1.165, 1.54) is 0 Å². The summed E-state index contributed by atoms with van der Waals surface area (Å²) in [5.74, 6) is 0.629. The predicted molar refractivity (Wildman–Crippen MR) is 62.7 cm³/mol. The first kappa shape index (κ1) is 11.0. The van der Waals surface area contributed by atoms with Crippen molar-refractivity contribution in [3.8, 4) is 0 Å². The van der Waals surface area contributed by atoms with Crippen LogP contribution >= 0.6 is 11.6 Å². The van der Waals surface area contributed by atoms with Crippen LogP contribution in [0.2, 0.25) is 5.02 Å². The number of nitrogens with zero attached hydrogens (tertiary/aromatic N) is 2. The molecule has 84 valence electrons. The molecule has 16 heavy (non-hydrogen) atoms. The van der Waals surface area contributed by atoms with Crippen LogP contribution in [0.1, 0.15) is 18.3 Å². The van der Waals surface area contributed by atoms with Gasteiger partial charge in [0.25, 0.3) is 0 Å². The van der Waals surface area contributed by atoms with E-state index in [0.29, 0.717) is 18.3 Å². The van der Waals surface area contributed by atoms with Gasteiger partial charge in [-0.25, -0.2) is 0 Å². The summed E-state index contributed by atoms with van der Waals surface area (Å²) in [5.41, 5.74) is 0.994. The minimum Gasteiger partial charge on any atom is -0.338 e. The van der Waals surface area contributed by atoms with Crippen molar-refractivity contribution in [1.29, 1.82) is 0 Å². The zero-order valence-corrected chi connectivity index (χ0v) is 9.66. The van der Waals surface area contributed by atoms with Crippen molar-refractivity contribution >= 4 is 17.6 Å². The highest BCUT2D eigenvalue weighted by Gasteiger charge is 2.07. The SMILES string of the molecule is CCNc1nc(Cc2ccccc2Cl)no1. The van der Waals surface area contributed by atoms with E-state index in [1.807, 2.05) is 31.2 Å². The van der Waals surface area contributed by atoms with E-state index in [2.05, 4.69) is 15.5 Å². The molecule has 1 N–H and O–H groups in total. The van der Waals surface area contributed by atoms with Crippen LogP contribution in [0, 0.1) is 0 Å². The maximum Gasteiger partial charge on any atom is 0.321 e. The molecule has 2 aromatic rings. The van der Waals surface area contributed by atoms with Gasteiger partial charge < -0.3 is 9.84 Å². The largest absolute Gasteiger partial charge is 0.338 e. The van der Waals surface area contributed by atoms with Gasteiger partial charge in [0.15, 0.2) is 5.82 Å². The van der Waals surface area contributed by atoms with E-state index in [0.717, 1.165) is 17.1 Å². The maximum atomic E-state index is 6.04. The second-order valence-electron chi connectivity index (χ2n) is 3.31. The molecule has 0 saturated carbocycles. The molecular weight excluding hydrogens is 226 g/mol. The van der Waals surface area contributed by atoms with Crippen LogP contribution in [0.4, 0.5) is 6.01 Å². The van der Waals surface area contributed by atoms with E-state index >= 15 is 0 Å². The molecule has 5 heteroatoms. The molecule has 0 fully saturated rings. The van der Waals surface area contributed by atoms with Gasteiger partial charge in [0.05, 0.1) is 0 Å². The minimum atomic E-state index is 0.449. The van der Waals surface area contributed by atoms with E-state index in [-0.39, 0.29) is 0 Å². The third-order valence-electron chi connectivity index (χ3n) is 2.10. The van der Waals surface area contributed by atoms with Crippen LogP contribution in [0.15, 0.2) is 28.8 Å². The van der Waals surface area contributed by atoms with Crippen LogP contribution in [0.3, 0.4) is 0 Å². The van der Waals surface area contributed by atoms with Gasteiger partial charge in [0.2, 0.25) is 0 Å². The number of hydrogen-bond donors (Lipinski definition) is 1. The third-order valence-corrected chi connectivity index (χ3v) is 2.47. The maximum absolute atomic E-state index is 6.04. The second kappa shape index (κ2) is 4.99. The molecule has 0 bridgehead atoms. The molecule has 0 unspecified atom stereocenters. The van der Waals surface area contributed by atoms with Gasteiger partial charge in [-0.2, -0.15) is 4.98 Å². The molecule has 0 spiro atoms. The molecule has 0 radical (unpaired) electrons. The highest BCUT2D eigenvalue weighted by atomic mass is 35.5. The Kier molecular flexibility index (Phi) is 3.41. The molecule has 4 nitrogen and oxygen atoms in total. The van der Waals surface area contributed by atoms with Crippen LogP contribution in [-0.2, 0) is 6.42 Å². The molecule has 0 aliphatic heterocycles. The number of nitrogens with one attached hydrogen (secondary N) is 1. The number of hydrogen-bond acceptors (Lipinski definition) is 4. The van der Waals surface area contributed by atoms with Gasteiger partial charge in [-0.3, -0.25) is 0 Å². The monoisotopic (exact) mass is 237 g/mol. The third kappa shape index (κ3) is 2.52. The molecule has 0 amide bonds. The van der Waals surface area contributed by atoms with Crippen molar-refractivity contribution in [3.63, 3.8) is 0 Å². The van der Waals surface area contributed by atoms with Crippen molar-refractivity contribution in [2.45, 2.75) is 13.3 Å². The topological polar surface area (TPSA) is 51.0 Å². The second-order valence-corrected chi connectivity index (χ2v) is 3.72. The highest BCUT2D eigenvalue weighted by Crippen LogP contribution is 2.18. The summed E-state index contributed by atoms with van der Waals surface area (Å²) in [6, 6.07) is 8.08. The molecule has 0 aliphatic carbocycles. The smallest absolute Gasteiger partial charge is 0.321 e. The first-order valence-electron chi connectivity index (χ1n) is 5.09. The van der Waals surface area contributed by atoms with E-state index in [4.69, 9.17) is 16.1 Å². The van der Waals surface area contributed by atoms with Crippen LogP contribution in [-0.4, -0.2) is 16.7 Å². The standard InChI is InChI=1S/C11H12ClN3O/c1-2-13-11-14-10(15-16-11)7-8-5-3-4-6-9(8)12/h3-6H,2,7H2,1H3,(H,13,14,15). The van der Waals surface area contributed by atoms with E-state index < -0.39 is 0 Å². The van der Waals surface area contributed by atoms with Crippen molar-refractivity contribution < 1.29 is 4.52 Å². The van der Waals surface area contributed by atoms with Crippen molar-refractivity contribution in [2.24, 2.45) is 0 Å². The first-order valence-corrected chi connectivity index (χ1v) is 5.47. The Balaban J connectivity index is 2.11. The summed E-state index contributed by atoms with van der Waals surface area (Å²) < 4.78 is 5.00. The molecule has 1 aromatic heterocycles. The number of aromatic nitrogens is 2. The lowest BCUT2D eigenvalue weighted by Crippen LogP contribution is -1.97. The number of anilines is 1. The highest BCUT2D eigenvalue weighted by molar-refractivity contribution is 6.31. The van der Waals surface area contributed by atoms with Crippen molar-refractivity contribution in [3.05, 3.63) is 40.7 Å². The molecular formula is C11H12ClN3O. The van der Waals surface area contributed by atoms with Gasteiger partial charge in [-0.05, 0) is 18.6 Å². The summed E-state index contributed by atoms with van der Waals surface area (Å²) in [6.45, 7) is 2.73. The number of benzene rings is 1. The van der Waals surface area contributed by atoms with Gasteiger partial charge in [0, 0.05) is 18.0 Å².